The number of rotatable bonds is 17. The van der Waals surface area contributed by atoms with Crippen molar-refractivity contribution < 1.29 is 92.3 Å². The molecule has 16 N–H and O–H groups in total. The van der Waals surface area contributed by atoms with E-state index in [2.05, 4.69) is 47.7 Å². The molecule has 3 aliphatic heterocycles. The van der Waals surface area contributed by atoms with E-state index in [1.165, 1.54) is 28.4 Å². The van der Waals surface area contributed by atoms with Crippen LogP contribution in [0.2, 0.25) is 0 Å². The zero-order chi connectivity index (χ0) is 71.0. The van der Waals surface area contributed by atoms with Gasteiger partial charge >= 0.3 is 11.9 Å². The van der Waals surface area contributed by atoms with E-state index in [4.69, 9.17) is 21.0 Å². The van der Waals surface area contributed by atoms with Crippen molar-refractivity contribution in [1.29, 1.82) is 0 Å². The highest BCUT2D eigenvalue weighted by molar-refractivity contribution is 7.98. The summed E-state index contributed by atoms with van der Waals surface area (Å²) in [5, 5.41) is 65.3. The number of carboxylic acids is 2. The lowest BCUT2D eigenvalue weighted by Gasteiger charge is -2.32. The van der Waals surface area contributed by atoms with Crippen LogP contribution in [0, 0.1) is 5.92 Å². The van der Waals surface area contributed by atoms with Crippen molar-refractivity contribution in [2.75, 3.05) is 50.9 Å². The second-order valence-corrected chi connectivity index (χ2v) is 26.4. The van der Waals surface area contributed by atoms with Gasteiger partial charge in [-0.1, -0.05) is 38.4 Å². The number of aliphatic hydroxyl groups excluding tert-OH is 2. The summed E-state index contributed by atoms with van der Waals surface area (Å²) in [4.78, 5) is 187. The molecule has 0 aromatic heterocycles. The van der Waals surface area contributed by atoms with Gasteiger partial charge < -0.3 is 93.8 Å². The van der Waals surface area contributed by atoms with Crippen LogP contribution in [0.4, 0.5) is 0 Å². The van der Waals surface area contributed by atoms with Gasteiger partial charge in [0.25, 0.3) is 5.91 Å². The quantitative estimate of drug-likeness (QED) is 0.0780. The number of primary amides is 1. The minimum atomic E-state index is -1.96. The summed E-state index contributed by atoms with van der Waals surface area (Å²) in [6, 6.07) is -8.66. The Kier molecular flexibility index (Phi) is 35.3. The number of nitrogens with one attached hydrogen (secondary N) is 8. The zero-order valence-corrected chi connectivity index (χ0v) is 56.8. The second kappa shape index (κ2) is 42.0. The first-order chi connectivity index (χ1) is 45.6. The Morgan fingerprint density at radius 1 is 0.656 bits per heavy atom. The van der Waals surface area contributed by atoms with Crippen molar-refractivity contribution in [1.82, 2.24) is 52.3 Å². The number of hydrogen-bond acceptors (Lipinski definition) is 21. The van der Waals surface area contributed by atoms with Gasteiger partial charge in [0.2, 0.25) is 59.1 Å². The Hall–Kier alpha value is -7.82. The third kappa shape index (κ3) is 28.1. The fraction of sp³-hybridized carbons (Fsp3) is 0.677. The number of ether oxygens (including phenoxy) is 1. The van der Waals surface area contributed by atoms with Crippen LogP contribution in [-0.2, 0) is 78.7 Å². The summed E-state index contributed by atoms with van der Waals surface area (Å²) in [7, 11) is 0. The highest BCUT2D eigenvalue weighted by Crippen LogP contribution is 2.27. The molecule has 1 aromatic rings. The van der Waals surface area contributed by atoms with Crippen LogP contribution < -0.4 is 58.7 Å². The standard InChI is InChI=1S/C62H97N13O19S2/c1-6-7-20-74-30-49(79)72-52(36(4)76)60(90)67-42(17-18-50(80)81)56(86)70-45(54(64)84)33-95-31-38-25-39-27-40(26-38)93-22-12-8-9-13-23-94-65-29-48(78)66-41(15-10-11-19-63)55(85)71-46(34-96-32-39)61(91)75-21-14-16-47(75)59(89)69-43(24-35(2)3)57(87)68-44(28-51(82)83)58(88)73-53(37(5)77)62(74)92/h25-27,29,35-37,41-47,52-53,76-77H,6-24,28,30-34,63H2,1-5H3,(H2,64,84)(H,66,78)(H,67,90)(H,68,87)(H,69,89)(H,70,86)(H,71,85)(H,72,79)(H,73,88)(H,80,81)(H,82,83)/b65-29+/t36-,37-,41+,42+,43+,44+,45+,46+,47+,52+,53+/m1/s1. The SMILES string of the molecule is CCCCN1CC(=O)N[C@@H]([C@@H](C)O)C(=O)N[C@@H](CCC(=O)O)C(=O)N[C@H](C(N)=O)CSCc2cc3cc(c2)OCCCCCCO/N=C/C(=O)N[C@@H](CCCCN)C(=O)N[C@@H](CSC3)C(=O)N2CCC[C@H]2C(=O)N[C@@H](CC(C)C)C(=O)N[C@@H](CC(=O)O)C(=O)N[C@@H]([C@@H](C)O)C1=O. The molecule has 32 nitrogen and oxygen atoms in total. The van der Waals surface area contributed by atoms with E-state index < -0.39 is 169 Å². The first kappa shape index (κ1) is 80.6. The molecular weight excluding hydrogens is 1290 g/mol. The van der Waals surface area contributed by atoms with Crippen molar-refractivity contribution in [2.24, 2.45) is 22.5 Å². The summed E-state index contributed by atoms with van der Waals surface area (Å²) < 4.78 is 6.25. The molecule has 0 aliphatic carbocycles. The number of carbonyl (C=O) groups is 13. The van der Waals surface area contributed by atoms with Gasteiger partial charge in [-0.15, -0.1) is 0 Å². The molecule has 1 saturated heterocycles. The number of hydrogen-bond donors (Lipinski definition) is 14. The fourth-order valence-electron chi connectivity index (χ4n) is 10.6. The summed E-state index contributed by atoms with van der Waals surface area (Å²) in [6.07, 6.45) is -0.130. The third-order valence-corrected chi connectivity index (χ3v) is 17.9. The largest absolute Gasteiger partial charge is 0.494 e. The lowest BCUT2D eigenvalue weighted by atomic mass is 10.0. The van der Waals surface area contributed by atoms with Crippen molar-refractivity contribution in [3.63, 3.8) is 0 Å². The number of nitrogens with zero attached hydrogens (tertiary/aromatic N) is 3. The third-order valence-electron chi connectivity index (χ3n) is 15.7. The smallest absolute Gasteiger partial charge is 0.305 e. The molecule has 96 heavy (non-hydrogen) atoms. The van der Waals surface area contributed by atoms with E-state index in [0.717, 1.165) is 37.8 Å². The Bertz CT molecular complexity index is 2870. The normalized spacial score (nSPS) is 25.7. The first-order valence-electron chi connectivity index (χ1n) is 32.5. The molecule has 11 atom stereocenters. The fourth-order valence-corrected chi connectivity index (χ4v) is 12.6. The summed E-state index contributed by atoms with van der Waals surface area (Å²) in [6.45, 7) is 7.16. The minimum Gasteiger partial charge on any atom is -0.494 e. The number of aliphatic carboxylic acids is 2. The number of carbonyl (C=O) groups excluding carboxylic acids is 11. The van der Waals surface area contributed by atoms with E-state index >= 15 is 4.79 Å². The number of benzene rings is 1. The Labute approximate surface area is 566 Å². The average molecular weight is 1390 g/mol. The molecule has 1 aromatic carbocycles. The lowest BCUT2D eigenvalue weighted by Crippen LogP contribution is -2.62. The molecule has 4 rings (SSSR count). The summed E-state index contributed by atoms with van der Waals surface area (Å²) in [5.41, 5.74) is 13.0. The summed E-state index contributed by atoms with van der Waals surface area (Å²) >= 11 is 2.40. The van der Waals surface area contributed by atoms with Gasteiger partial charge in [-0.25, -0.2) is 0 Å². The molecule has 11 amide bonds. The van der Waals surface area contributed by atoms with Crippen molar-refractivity contribution in [3.8, 4) is 5.75 Å². The van der Waals surface area contributed by atoms with Crippen molar-refractivity contribution in [2.45, 2.75) is 209 Å². The number of fused-ring (bicyclic) bond motifs is 6. The van der Waals surface area contributed by atoms with Crippen molar-refractivity contribution >= 4 is 107 Å². The number of amides is 11. The maximum atomic E-state index is 15.1. The number of nitrogens with two attached hydrogens (primary N) is 2. The predicted molar refractivity (Wildman–Crippen MR) is 353 cm³/mol. The van der Waals surface area contributed by atoms with Crippen LogP contribution >= 0.6 is 23.5 Å². The monoisotopic (exact) mass is 1390 g/mol. The molecule has 0 spiro atoms. The lowest BCUT2D eigenvalue weighted by molar-refractivity contribution is -0.145. The van der Waals surface area contributed by atoms with E-state index in [1.54, 1.807) is 32.9 Å². The molecule has 0 saturated carbocycles. The number of unbranched alkanes of at least 4 members (excludes halogenated alkanes) is 2. The van der Waals surface area contributed by atoms with Crippen LogP contribution in [0.5, 0.6) is 5.75 Å². The molecular formula is C62H97N13O19S2. The number of carboxylic acid groups (broad SMARTS) is 2. The number of oxime groups is 1. The van der Waals surface area contributed by atoms with Gasteiger partial charge in [0.15, 0.2) is 0 Å². The van der Waals surface area contributed by atoms with Gasteiger partial charge in [-0.2, -0.15) is 23.5 Å². The molecule has 0 unspecified atom stereocenters. The van der Waals surface area contributed by atoms with Crippen LogP contribution in [0.1, 0.15) is 142 Å². The van der Waals surface area contributed by atoms with Crippen LogP contribution in [0.25, 0.3) is 0 Å². The topological polar surface area (TPSA) is 488 Å². The van der Waals surface area contributed by atoms with Crippen LogP contribution in [0.15, 0.2) is 23.4 Å². The molecule has 0 radical (unpaired) electrons. The van der Waals surface area contributed by atoms with E-state index in [1.807, 2.05) is 6.07 Å². The van der Waals surface area contributed by atoms with E-state index in [-0.39, 0.29) is 80.9 Å². The molecule has 4 bridgehead atoms. The summed E-state index contributed by atoms with van der Waals surface area (Å²) in [5.74, 6) is -13.4. The Balaban J connectivity index is 1.87. The van der Waals surface area contributed by atoms with E-state index in [9.17, 15) is 78.0 Å². The van der Waals surface area contributed by atoms with Gasteiger partial charge in [-0.3, -0.25) is 62.3 Å². The van der Waals surface area contributed by atoms with Gasteiger partial charge in [-0.05, 0) is 127 Å². The predicted octanol–water partition coefficient (Wildman–Crippen LogP) is -1.62. The van der Waals surface area contributed by atoms with Gasteiger partial charge in [0, 0.05) is 42.5 Å². The molecule has 1 fully saturated rings. The Morgan fingerprint density at radius 2 is 1.27 bits per heavy atom. The maximum absolute atomic E-state index is 15.1. The molecule has 3 aliphatic rings. The Morgan fingerprint density at radius 3 is 1.90 bits per heavy atom. The number of thioether (sulfide) groups is 2. The van der Waals surface area contributed by atoms with Crippen molar-refractivity contribution in [3.05, 3.63) is 29.3 Å². The molecule has 536 valence electrons. The highest BCUT2D eigenvalue weighted by Gasteiger charge is 2.42. The van der Waals surface area contributed by atoms with Gasteiger partial charge in [0.1, 0.15) is 72.9 Å². The minimum absolute atomic E-state index is 0.0254. The zero-order valence-electron chi connectivity index (χ0n) is 55.1. The van der Waals surface area contributed by atoms with E-state index in [0.29, 0.717) is 62.0 Å². The van der Waals surface area contributed by atoms with Gasteiger partial charge in [0.05, 0.1) is 31.8 Å². The maximum Gasteiger partial charge on any atom is 0.305 e. The second-order valence-electron chi connectivity index (χ2n) is 24.4. The number of aliphatic hydroxyl groups is 2. The average Bonchev–Trinajstić information content (AvgIpc) is 1.57. The molecule has 3 heterocycles. The van der Waals surface area contributed by atoms with Crippen LogP contribution in [-0.4, -0.2) is 231 Å². The highest BCUT2D eigenvalue weighted by atomic mass is 32.2. The van der Waals surface area contributed by atoms with Crippen LogP contribution in [0.3, 0.4) is 0 Å². The molecule has 34 heteroatoms. The first-order valence-corrected chi connectivity index (χ1v) is 34.8.